The van der Waals surface area contributed by atoms with E-state index in [4.69, 9.17) is 21.8 Å². The van der Waals surface area contributed by atoms with Crippen LogP contribution >= 0.6 is 24.0 Å². The van der Waals surface area contributed by atoms with Crippen molar-refractivity contribution >= 4 is 29.9 Å². The zero-order chi connectivity index (χ0) is 18.0. The third-order valence-corrected chi connectivity index (χ3v) is 5.18. The molecule has 0 saturated heterocycles. The maximum absolute atomic E-state index is 12.5. The second-order valence-electron chi connectivity index (χ2n) is 7.05. The number of nitrogens with one attached hydrogen (secondary N) is 1. The normalized spacial score (nSPS) is 22.5. The van der Waals surface area contributed by atoms with Gasteiger partial charge in [0.25, 0.3) is 0 Å². The molecular formula is C19H25Cl2N3O2. The summed E-state index contributed by atoms with van der Waals surface area (Å²) >= 11 is 5.92. The van der Waals surface area contributed by atoms with Crippen molar-refractivity contribution in [2.24, 2.45) is 11.7 Å². The fraction of sp³-hybridized carbons (Fsp3) is 0.474. The molecule has 2 aromatic rings. The van der Waals surface area contributed by atoms with Crippen molar-refractivity contribution in [3.63, 3.8) is 0 Å². The second-order valence-corrected chi connectivity index (χ2v) is 7.49. The molecule has 26 heavy (non-hydrogen) atoms. The van der Waals surface area contributed by atoms with Crippen LogP contribution in [0.3, 0.4) is 0 Å². The monoisotopic (exact) mass is 397 g/mol. The van der Waals surface area contributed by atoms with Gasteiger partial charge in [0.2, 0.25) is 11.8 Å². The molecule has 1 aromatic carbocycles. The van der Waals surface area contributed by atoms with Crippen LogP contribution in [-0.2, 0) is 11.3 Å². The van der Waals surface area contributed by atoms with Gasteiger partial charge in [0, 0.05) is 16.1 Å². The van der Waals surface area contributed by atoms with Crippen LogP contribution in [0.4, 0.5) is 0 Å². The van der Waals surface area contributed by atoms with Gasteiger partial charge in [-0.3, -0.25) is 4.79 Å². The molecule has 1 aromatic heterocycles. The van der Waals surface area contributed by atoms with E-state index in [1.54, 1.807) is 0 Å². The van der Waals surface area contributed by atoms with Crippen LogP contribution in [0.1, 0.15) is 44.2 Å². The molecule has 1 aliphatic rings. The number of carbonyl (C=O) groups is 1. The topological polar surface area (TPSA) is 81.2 Å². The molecular weight excluding hydrogens is 373 g/mol. The van der Waals surface area contributed by atoms with E-state index in [0.717, 1.165) is 36.9 Å². The number of nitrogens with zero attached hydrogens (tertiary/aromatic N) is 1. The number of hydrogen-bond acceptors (Lipinski definition) is 4. The highest BCUT2D eigenvalue weighted by molar-refractivity contribution is 6.30. The van der Waals surface area contributed by atoms with Crippen molar-refractivity contribution in [2.45, 2.75) is 51.6 Å². The number of hydrogen-bond donors (Lipinski definition) is 2. The lowest BCUT2D eigenvalue weighted by Crippen LogP contribution is -2.52. The SMILES string of the molecule is Cc1nc(CNC(=O)C2CCCCC2(C)N)oc1-c1ccc(Cl)cc1.Cl. The van der Waals surface area contributed by atoms with Gasteiger partial charge in [-0.05, 0) is 51.0 Å². The van der Waals surface area contributed by atoms with E-state index < -0.39 is 5.54 Å². The number of benzene rings is 1. The predicted molar refractivity (Wildman–Crippen MR) is 105 cm³/mol. The first kappa shape index (κ1) is 20.7. The number of oxazole rings is 1. The molecule has 0 spiro atoms. The first-order valence-corrected chi connectivity index (χ1v) is 9.03. The molecule has 5 nitrogen and oxygen atoms in total. The first-order valence-electron chi connectivity index (χ1n) is 8.65. The Morgan fingerprint density at radius 2 is 2.08 bits per heavy atom. The van der Waals surface area contributed by atoms with E-state index in [9.17, 15) is 4.79 Å². The van der Waals surface area contributed by atoms with Gasteiger partial charge in [-0.15, -0.1) is 12.4 Å². The number of aromatic nitrogens is 1. The molecule has 2 unspecified atom stereocenters. The van der Waals surface area contributed by atoms with Gasteiger partial charge in [0.05, 0.1) is 18.2 Å². The Morgan fingerprint density at radius 1 is 1.38 bits per heavy atom. The van der Waals surface area contributed by atoms with E-state index in [2.05, 4.69) is 10.3 Å². The zero-order valence-electron chi connectivity index (χ0n) is 15.0. The molecule has 0 aliphatic heterocycles. The van der Waals surface area contributed by atoms with Gasteiger partial charge in [-0.2, -0.15) is 0 Å². The summed E-state index contributed by atoms with van der Waals surface area (Å²) in [6.07, 6.45) is 3.84. The van der Waals surface area contributed by atoms with Crippen LogP contribution in [0.25, 0.3) is 11.3 Å². The zero-order valence-corrected chi connectivity index (χ0v) is 16.6. The van der Waals surface area contributed by atoms with Gasteiger partial charge < -0.3 is 15.5 Å². The number of aryl methyl sites for hydroxylation is 1. The molecule has 2 atom stereocenters. The van der Waals surface area contributed by atoms with Gasteiger partial charge in [-0.25, -0.2) is 4.98 Å². The summed E-state index contributed by atoms with van der Waals surface area (Å²) in [6.45, 7) is 4.11. The third-order valence-electron chi connectivity index (χ3n) is 4.93. The van der Waals surface area contributed by atoms with E-state index in [1.165, 1.54) is 0 Å². The van der Waals surface area contributed by atoms with Crippen molar-refractivity contribution in [2.75, 3.05) is 0 Å². The molecule has 3 rings (SSSR count). The summed E-state index contributed by atoms with van der Waals surface area (Å²) in [5, 5.41) is 3.60. The molecule has 1 aliphatic carbocycles. The predicted octanol–water partition coefficient (Wildman–Crippen LogP) is 4.25. The average molecular weight is 398 g/mol. The molecule has 7 heteroatoms. The summed E-state index contributed by atoms with van der Waals surface area (Å²) in [4.78, 5) is 16.9. The minimum Gasteiger partial charge on any atom is -0.438 e. The van der Waals surface area contributed by atoms with Crippen LogP contribution in [0.2, 0.25) is 5.02 Å². The first-order chi connectivity index (χ1) is 11.9. The summed E-state index contributed by atoms with van der Waals surface area (Å²) in [5.41, 5.74) is 7.55. The summed E-state index contributed by atoms with van der Waals surface area (Å²) in [5.74, 6) is 1.01. The van der Waals surface area contributed by atoms with Crippen molar-refractivity contribution in [3.8, 4) is 11.3 Å². The Labute approximate surface area is 165 Å². The molecule has 142 valence electrons. The van der Waals surface area contributed by atoms with Gasteiger partial charge >= 0.3 is 0 Å². The summed E-state index contributed by atoms with van der Waals surface area (Å²) in [7, 11) is 0. The van der Waals surface area contributed by atoms with Crippen LogP contribution in [0, 0.1) is 12.8 Å². The maximum atomic E-state index is 12.5. The van der Waals surface area contributed by atoms with Gasteiger partial charge in [0.1, 0.15) is 0 Å². The highest BCUT2D eigenvalue weighted by Crippen LogP contribution is 2.32. The second kappa shape index (κ2) is 8.42. The minimum absolute atomic E-state index is 0. The largest absolute Gasteiger partial charge is 0.438 e. The average Bonchev–Trinajstić information content (AvgIpc) is 2.94. The Morgan fingerprint density at radius 3 is 2.73 bits per heavy atom. The number of nitrogens with two attached hydrogens (primary N) is 1. The number of rotatable bonds is 4. The quantitative estimate of drug-likeness (QED) is 0.807. The van der Waals surface area contributed by atoms with Gasteiger partial charge in [0.15, 0.2) is 5.76 Å². The lowest BCUT2D eigenvalue weighted by atomic mass is 9.74. The van der Waals surface area contributed by atoms with Crippen LogP contribution in [0.5, 0.6) is 0 Å². The van der Waals surface area contributed by atoms with Crippen molar-refractivity contribution < 1.29 is 9.21 Å². The standard InChI is InChI=1S/C19H24ClN3O2.ClH/c1-12-17(13-6-8-14(20)9-7-13)25-16(23-12)11-22-18(24)15-5-3-4-10-19(15,2)21;/h6-9,15H,3-5,10-11,21H2,1-2H3,(H,22,24);1H. The molecule has 1 fully saturated rings. The fourth-order valence-electron chi connectivity index (χ4n) is 3.47. The summed E-state index contributed by atoms with van der Waals surface area (Å²) in [6, 6.07) is 7.40. The van der Waals surface area contributed by atoms with Crippen molar-refractivity contribution in [3.05, 3.63) is 40.9 Å². The molecule has 1 saturated carbocycles. The van der Waals surface area contributed by atoms with Crippen molar-refractivity contribution in [1.82, 2.24) is 10.3 Å². The summed E-state index contributed by atoms with van der Waals surface area (Å²) < 4.78 is 5.83. The maximum Gasteiger partial charge on any atom is 0.225 e. The van der Waals surface area contributed by atoms with Crippen molar-refractivity contribution in [1.29, 1.82) is 0 Å². The smallest absolute Gasteiger partial charge is 0.225 e. The van der Waals surface area contributed by atoms with E-state index in [0.29, 0.717) is 16.7 Å². The lowest BCUT2D eigenvalue weighted by molar-refractivity contribution is -0.128. The molecule has 0 radical (unpaired) electrons. The van der Waals surface area contributed by atoms with E-state index >= 15 is 0 Å². The highest BCUT2D eigenvalue weighted by atomic mass is 35.5. The molecule has 3 N–H and O–H groups in total. The Bertz CT molecular complexity index is 757. The lowest BCUT2D eigenvalue weighted by Gasteiger charge is -2.37. The number of amides is 1. The molecule has 1 heterocycles. The number of halogens is 2. The minimum atomic E-state index is -0.441. The van der Waals surface area contributed by atoms with Crippen LogP contribution in [0.15, 0.2) is 28.7 Å². The third kappa shape index (κ3) is 4.58. The molecule has 1 amide bonds. The van der Waals surface area contributed by atoms with E-state index in [1.807, 2.05) is 38.1 Å². The van der Waals surface area contributed by atoms with Gasteiger partial charge in [-0.1, -0.05) is 24.4 Å². The number of carbonyl (C=O) groups excluding carboxylic acids is 1. The van der Waals surface area contributed by atoms with E-state index in [-0.39, 0.29) is 30.8 Å². The van der Waals surface area contributed by atoms with Crippen LogP contribution in [-0.4, -0.2) is 16.4 Å². The van der Waals surface area contributed by atoms with Crippen LogP contribution < -0.4 is 11.1 Å². The fourth-order valence-corrected chi connectivity index (χ4v) is 3.60. The molecule has 0 bridgehead atoms. The Balaban J connectivity index is 0.00000243. The Kier molecular flexibility index (Phi) is 6.72. The Hall–Kier alpha value is -1.56. The highest BCUT2D eigenvalue weighted by Gasteiger charge is 2.37.